The van der Waals surface area contributed by atoms with Gasteiger partial charge in [-0.1, -0.05) is 0 Å². The Morgan fingerprint density at radius 2 is 2.33 bits per heavy atom. The molecule has 0 fully saturated rings. The van der Waals surface area contributed by atoms with Crippen molar-refractivity contribution in [3.63, 3.8) is 0 Å². The van der Waals surface area contributed by atoms with Gasteiger partial charge in [0.25, 0.3) is 0 Å². The van der Waals surface area contributed by atoms with Gasteiger partial charge in [0.1, 0.15) is 17.7 Å². The molecule has 3 aromatic heterocycles. The molecule has 0 bridgehead atoms. The third-order valence-electron chi connectivity index (χ3n) is 3.17. The largest absolute Gasteiger partial charge is 0.467 e. The molecule has 0 saturated carbocycles. The number of anilines is 1. The van der Waals surface area contributed by atoms with E-state index in [4.69, 9.17) is 4.42 Å². The van der Waals surface area contributed by atoms with E-state index in [1.54, 1.807) is 29.1 Å². The highest BCUT2D eigenvalue weighted by molar-refractivity contribution is 9.10. The minimum absolute atomic E-state index is 0.0433. The van der Waals surface area contributed by atoms with Gasteiger partial charge in [-0.05, 0) is 41.1 Å². The summed E-state index contributed by atoms with van der Waals surface area (Å²) in [7, 11) is 0. The maximum absolute atomic E-state index is 10.1. The van der Waals surface area contributed by atoms with E-state index < -0.39 is 6.10 Å². The lowest BCUT2D eigenvalue weighted by atomic mass is 10.1. The molecule has 110 valence electrons. The Bertz CT molecular complexity index is 726. The fraction of sp³-hybridized carbons (Fsp3) is 0.286. The van der Waals surface area contributed by atoms with Crippen LogP contribution in [0.5, 0.6) is 0 Å². The number of hydrogen-bond donors (Lipinski definition) is 2. The molecule has 0 aromatic carbocycles. The van der Waals surface area contributed by atoms with Crippen LogP contribution in [0.4, 0.5) is 5.82 Å². The first-order chi connectivity index (χ1) is 10.1. The number of nitrogens with one attached hydrogen (secondary N) is 1. The van der Waals surface area contributed by atoms with Crippen LogP contribution in [0.25, 0.3) is 5.65 Å². The fourth-order valence-electron chi connectivity index (χ4n) is 2.16. The number of nitrogens with zero attached hydrogens (tertiary/aromatic N) is 3. The van der Waals surface area contributed by atoms with Crippen molar-refractivity contribution in [3.8, 4) is 0 Å². The average molecular weight is 351 g/mol. The van der Waals surface area contributed by atoms with Crippen molar-refractivity contribution in [2.75, 3.05) is 5.32 Å². The monoisotopic (exact) mass is 350 g/mol. The first-order valence-corrected chi connectivity index (χ1v) is 7.40. The number of halogens is 1. The first kappa shape index (κ1) is 14.1. The summed E-state index contributed by atoms with van der Waals surface area (Å²) in [5.41, 5.74) is 0.749. The van der Waals surface area contributed by atoms with Crippen LogP contribution in [0.1, 0.15) is 25.2 Å². The zero-order valence-electron chi connectivity index (χ0n) is 11.4. The Hall–Kier alpha value is -1.86. The van der Waals surface area contributed by atoms with Crippen molar-refractivity contribution in [1.29, 1.82) is 0 Å². The van der Waals surface area contributed by atoms with E-state index in [1.807, 2.05) is 19.2 Å². The highest BCUT2D eigenvalue weighted by Gasteiger charge is 2.15. The average Bonchev–Trinajstić information content (AvgIpc) is 3.09. The predicted molar refractivity (Wildman–Crippen MR) is 82.1 cm³/mol. The van der Waals surface area contributed by atoms with Gasteiger partial charge in [-0.15, -0.1) is 0 Å². The van der Waals surface area contributed by atoms with E-state index in [9.17, 15) is 5.11 Å². The minimum Gasteiger partial charge on any atom is -0.467 e. The van der Waals surface area contributed by atoms with Crippen molar-refractivity contribution >= 4 is 27.4 Å². The number of aliphatic hydroxyl groups excluding tert-OH is 1. The van der Waals surface area contributed by atoms with Crippen molar-refractivity contribution in [3.05, 3.63) is 47.1 Å². The summed E-state index contributed by atoms with van der Waals surface area (Å²) in [5.74, 6) is 1.31. The van der Waals surface area contributed by atoms with E-state index in [0.717, 1.165) is 15.9 Å². The molecule has 0 aliphatic rings. The minimum atomic E-state index is -0.632. The molecule has 21 heavy (non-hydrogen) atoms. The summed E-state index contributed by atoms with van der Waals surface area (Å²) in [6, 6.07) is 5.43. The van der Waals surface area contributed by atoms with Crippen LogP contribution in [-0.4, -0.2) is 25.7 Å². The number of aromatic nitrogens is 3. The Morgan fingerprint density at radius 1 is 1.48 bits per heavy atom. The Labute approximate surface area is 129 Å². The van der Waals surface area contributed by atoms with Gasteiger partial charge >= 0.3 is 0 Å². The smallest absolute Gasteiger partial charge is 0.171 e. The molecular weight excluding hydrogens is 336 g/mol. The first-order valence-electron chi connectivity index (χ1n) is 6.61. The van der Waals surface area contributed by atoms with Crippen molar-refractivity contribution in [2.45, 2.75) is 25.5 Å². The van der Waals surface area contributed by atoms with Crippen molar-refractivity contribution < 1.29 is 9.52 Å². The summed E-state index contributed by atoms with van der Waals surface area (Å²) in [6.07, 6.45) is 5.00. The predicted octanol–water partition coefficient (Wildman–Crippen LogP) is 3.01. The highest BCUT2D eigenvalue weighted by atomic mass is 79.9. The van der Waals surface area contributed by atoms with Crippen LogP contribution in [0.15, 0.2) is 45.7 Å². The van der Waals surface area contributed by atoms with E-state index in [1.165, 1.54) is 0 Å². The van der Waals surface area contributed by atoms with Crippen LogP contribution in [-0.2, 0) is 0 Å². The van der Waals surface area contributed by atoms with Gasteiger partial charge < -0.3 is 14.8 Å². The number of aliphatic hydroxyl groups is 1. The lowest BCUT2D eigenvalue weighted by Gasteiger charge is -2.17. The molecule has 2 atom stereocenters. The number of hydrogen-bond acceptors (Lipinski definition) is 5. The third kappa shape index (κ3) is 3.08. The molecule has 3 heterocycles. The summed E-state index contributed by atoms with van der Waals surface area (Å²) >= 11 is 3.41. The van der Waals surface area contributed by atoms with Crippen LogP contribution in [0, 0.1) is 0 Å². The van der Waals surface area contributed by atoms with Crippen LogP contribution < -0.4 is 5.32 Å². The van der Waals surface area contributed by atoms with Gasteiger partial charge in [0.05, 0.1) is 16.9 Å². The summed E-state index contributed by atoms with van der Waals surface area (Å²) in [6.45, 7) is 1.99. The van der Waals surface area contributed by atoms with Crippen LogP contribution in [0.3, 0.4) is 0 Å². The van der Waals surface area contributed by atoms with Gasteiger partial charge in [0.15, 0.2) is 5.65 Å². The second kappa shape index (κ2) is 5.87. The fourth-order valence-corrected chi connectivity index (χ4v) is 2.53. The lowest BCUT2D eigenvalue weighted by Crippen LogP contribution is -2.19. The molecule has 2 N–H and O–H groups in total. The SMILES string of the molecule is CC(CC(O)c1ccco1)Nc1ccn2ncc(Br)c2n1. The van der Waals surface area contributed by atoms with Crippen LogP contribution >= 0.6 is 15.9 Å². The zero-order valence-corrected chi connectivity index (χ0v) is 13.0. The van der Waals surface area contributed by atoms with E-state index in [2.05, 4.69) is 31.3 Å². The standard InChI is InChI=1S/C14H15BrN4O2/c1-9(7-11(20)12-3-2-6-21-12)17-13-4-5-19-14(18-13)10(15)8-16-19/h2-6,8-9,11,20H,7H2,1H3,(H,17,18). The third-order valence-corrected chi connectivity index (χ3v) is 3.73. The van der Waals surface area contributed by atoms with Crippen molar-refractivity contribution in [1.82, 2.24) is 14.6 Å². The molecule has 6 nitrogen and oxygen atoms in total. The molecule has 3 rings (SSSR count). The Morgan fingerprint density at radius 3 is 3.10 bits per heavy atom. The Kier molecular flexibility index (Phi) is 3.94. The second-order valence-electron chi connectivity index (χ2n) is 4.89. The second-order valence-corrected chi connectivity index (χ2v) is 5.74. The lowest BCUT2D eigenvalue weighted by molar-refractivity contribution is 0.136. The van der Waals surface area contributed by atoms with E-state index in [-0.39, 0.29) is 6.04 Å². The summed E-state index contributed by atoms with van der Waals surface area (Å²) in [4.78, 5) is 4.48. The molecular formula is C14H15BrN4O2. The normalized spacial score (nSPS) is 14.2. The van der Waals surface area contributed by atoms with Gasteiger partial charge in [-0.2, -0.15) is 5.10 Å². The summed E-state index contributed by atoms with van der Waals surface area (Å²) in [5, 5.41) is 17.5. The quantitative estimate of drug-likeness (QED) is 0.739. The van der Waals surface area contributed by atoms with Gasteiger partial charge in [-0.3, -0.25) is 0 Å². The molecule has 0 aliphatic heterocycles. The number of furan rings is 1. The molecule has 2 unspecified atom stereocenters. The van der Waals surface area contributed by atoms with Gasteiger partial charge in [0, 0.05) is 18.7 Å². The summed E-state index contributed by atoms with van der Waals surface area (Å²) < 4.78 is 7.73. The molecule has 7 heteroatoms. The Balaban J connectivity index is 1.68. The topological polar surface area (TPSA) is 75.6 Å². The van der Waals surface area contributed by atoms with Crippen molar-refractivity contribution in [2.24, 2.45) is 0 Å². The number of rotatable bonds is 5. The highest BCUT2D eigenvalue weighted by Crippen LogP contribution is 2.21. The molecule has 0 spiro atoms. The van der Waals surface area contributed by atoms with Crippen LogP contribution in [0.2, 0.25) is 0 Å². The van der Waals surface area contributed by atoms with E-state index >= 15 is 0 Å². The zero-order chi connectivity index (χ0) is 14.8. The molecule has 0 amide bonds. The maximum atomic E-state index is 10.1. The van der Waals surface area contributed by atoms with Gasteiger partial charge in [0.2, 0.25) is 0 Å². The number of fused-ring (bicyclic) bond motifs is 1. The maximum Gasteiger partial charge on any atom is 0.171 e. The molecule has 3 aromatic rings. The van der Waals surface area contributed by atoms with Gasteiger partial charge in [-0.25, -0.2) is 9.50 Å². The molecule has 0 radical (unpaired) electrons. The molecule has 0 aliphatic carbocycles. The van der Waals surface area contributed by atoms with E-state index in [0.29, 0.717) is 12.2 Å². The molecule has 0 saturated heterocycles.